The van der Waals surface area contributed by atoms with Crippen LogP contribution in [0.2, 0.25) is 0 Å². The van der Waals surface area contributed by atoms with Crippen molar-refractivity contribution >= 4 is 27.9 Å². The number of rotatable bonds is 4. The lowest BCUT2D eigenvalue weighted by Gasteiger charge is -2.30. The largest absolute Gasteiger partial charge is 0.478 e. The summed E-state index contributed by atoms with van der Waals surface area (Å²) in [6.07, 6.45) is 0. The van der Waals surface area contributed by atoms with Gasteiger partial charge in [0.2, 0.25) is 0 Å². The maximum atomic E-state index is 12.3. The van der Waals surface area contributed by atoms with Gasteiger partial charge in [-0.1, -0.05) is 40.2 Å². The molecule has 0 aromatic heterocycles. The highest BCUT2D eigenvalue weighted by Crippen LogP contribution is 2.40. The van der Waals surface area contributed by atoms with Gasteiger partial charge in [0.25, 0.3) is 0 Å². The number of carboxylic acid groups (broad SMARTS) is 1. The molecule has 0 fully saturated rings. The van der Waals surface area contributed by atoms with Crippen molar-refractivity contribution in [3.63, 3.8) is 0 Å². The van der Waals surface area contributed by atoms with Crippen molar-refractivity contribution in [1.82, 2.24) is 5.32 Å². The molecule has 1 heterocycles. The van der Waals surface area contributed by atoms with Crippen LogP contribution < -0.4 is 5.32 Å². The van der Waals surface area contributed by atoms with Crippen LogP contribution in [0, 0.1) is 6.92 Å². The molecule has 0 saturated carbocycles. The maximum absolute atomic E-state index is 12.3. The van der Waals surface area contributed by atoms with E-state index in [4.69, 9.17) is 4.74 Å². The molecule has 2 rings (SSSR count). The van der Waals surface area contributed by atoms with Crippen molar-refractivity contribution in [1.29, 1.82) is 0 Å². The molecule has 0 spiro atoms. The number of allylic oxidation sites excluding steroid dienone is 2. The Morgan fingerprint density at radius 1 is 1.26 bits per heavy atom. The van der Waals surface area contributed by atoms with Crippen molar-refractivity contribution in [2.24, 2.45) is 0 Å². The lowest BCUT2D eigenvalue weighted by atomic mass is 9.79. The second kappa shape index (κ2) is 7.00. The van der Waals surface area contributed by atoms with Crippen LogP contribution in [0.15, 0.2) is 46.8 Å². The van der Waals surface area contributed by atoms with Gasteiger partial charge in [0.1, 0.15) is 0 Å². The fraction of sp³-hybridized carbons (Fsp3) is 0.294. The number of esters is 1. The van der Waals surface area contributed by atoms with Gasteiger partial charge < -0.3 is 15.2 Å². The predicted molar refractivity (Wildman–Crippen MR) is 90.2 cm³/mol. The third-order valence-electron chi connectivity index (χ3n) is 3.91. The Labute approximate surface area is 143 Å². The van der Waals surface area contributed by atoms with Crippen LogP contribution >= 0.6 is 15.9 Å². The molecule has 122 valence electrons. The average Bonchev–Trinajstić information content (AvgIpc) is 2.53. The highest BCUT2D eigenvalue weighted by Gasteiger charge is 2.38. The number of halogens is 1. The average molecular weight is 380 g/mol. The van der Waals surface area contributed by atoms with Crippen LogP contribution in [-0.2, 0) is 14.3 Å². The SMILES string of the molecule is COC(=O)C1=C(CBr)NC(C)=C(C(=O)O)C1c1ccccc1C. The Balaban J connectivity index is 2.76. The van der Waals surface area contributed by atoms with Gasteiger partial charge in [0.15, 0.2) is 0 Å². The number of methoxy groups -OCH3 is 1. The minimum absolute atomic E-state index is 0.157. The Hall–Kier alpha value is -2.08. The van der Waals surface area contributed by atoms with E-state index in [0.29, 0.717) is 22.3 Å². The molecule has 6 heteroatoms. The summed E-state index contributed by atoms with van der Waals surface area (Å²) in [7, 11) is 1.29. The third kappa shape index (κ3) is 3.17. The summed E-state index contributed by atoms with van der Waals surface area (Å²) in [6.45, 7) is 3.60. The smallest absolute Gasteiger partial charge is 0.336 e. The summed E-state index contributed by atoms with van der Waals surface area (Å²) in [5, 5.41) is 13.1. The summed E-state index contributed by atoms with van der Waals surface area (Å²) in [6, 6.07) is 7.46. The number of carbonyl (C=O) groups is 2. The molecule has 5 nitrogen and oxygen atoms in total. The third-order valence-corrected chi connectivity index (χ3v) is 4.47. The minimum atomic E-state index is -1.06. The Morgan fingerprint density at radius 3 is 2.43 bits per heavy atom. The van der Waals surface area contributed by atoms with Crippen molar-refractivity contribution < 1.29 is 19.4 Å². The first-order chi connectivity index (χ1) is 10.9. The highest BCUT2D eigenvalue weighted by atomic mass is 79.9. The molecule has 23 heavy (non-hydrogen) atoms. The number of carboxylic acids is 1. The van der Waals surface area contributed by atoms with Gasteiger partial charge in [-0.3, -0.25) is 0 Å². The second-order valence-corrected chi connectivity index (χ2v) is 5.84. The van der Waals surface area contributed by atoms with E-state index in [1.807, 2.05) is 31.2 Å². The summed E-state index contributed by atoms with van der Waals surface area (Å²) in [5.41, 5.74) is 3.32. The van der Waals surface area contributed by atoms with Gasteiger partial charge in [0.05, 0.1) is 24.2 Å². The first-order valence-electron chi connectivity index (χ1n) is 7.06. The zero-order chi connectivity index (χ0) is 17.1. The van der Waals surface area contributed by atoms with Crippen molar-refractivity contribution in [3.8, 4) is 0 Å². The van der Waals surface area contributed by atoms with E-state index < -0.39 is 17.9 Å². The Bertz CT molecular complexity index is 721. The molecule has 0 amide bonds. The van der Waals surface area contributed by atoms with E-state index in [1.165, 1.54) is 7.11 Å². The molecular weight excluding hydrogens is 362 g/mol. The number of hydrogen-bond acceptors (Lipinski definition) is 4. The van der Waals surface area contributed by atoms with Crippen LogP contribution in [0.3, 0.4) is 0 Å². The van der Waals surface area contributed by atoms with Gasteiger partial charge in [0, 0.05) is 16.7 Å². The molecule has 1 aromatic rings. The quantitative estimate of drug-likeness (QED) is 0.621. The van der Waals surface area contributed by atoms with Gasteiger partial charge in [-0.25, -0.2) is 9.59 Å². The zero-order valence-electron chi connectivity index (χ0n) is 13.1. The molecule has 1 aromatic carbocycles. The highest BCUT2D eigenvalue weighted by molar-refractivity contribution is 9.09. The van der Waals surface area contributed by atoms with Gasteiger partial charge >= 0.3 is 11.9 Å². The van der Waals surface area contributed by atoms with Gasteiger partial charge in [-0.15, -0.1) is 0 Å². The number of dihydropyridines is 1. The Kier molecular flexibility index (Phi) is 5.26. The van der Waals surface area contributed by atoms with Gasteiger partial charge in [-0.05, 0) is 25.0 Å². The number of carbonyl (C=O) groups excluding carboxylic acids is 1. The number of aliphatic carboxylic acids is 1. The molecule has 0 saturated heterocycles. The van der Waals surface area contributed by atoms with E-state index in [2.05, 4.69) is 21.2 Å². The summed E-state index contributed by atoms with van der Waals surface area (Å²) in [5.74, 6) is -2.26. The normalized spacial score (nSPS) is 17.8. The monoisotopic (exact) mass is 379 g/mol. The van der Waals surface area contributed by atoms with Crippen LogP contribution in [-0.4, -0.2) is 29.5 Å². The summed E-state index contributed by atoms with van der Waals surface area (Å²) in [4.78, 5) is 24.2. The summed E-state index contributed by atoms with van der Waals surface area (Å²) < 4.78 is 4.90. The fourth-order valence-corrected chi connectivity index (χ4v) is 3.30. The topological polar surface area (TPSA) is 75.6 Å². The number of aryl methyl sites for hydroxylation is 1. The second-order valence-electron chi connectivity index (χ2n) is 5.28. The Morgan fingerprint density at radius 2 is 1.91 bits per heavy atom. The van der Waals surface area contributed by atoms with Crippen LogP contribution in [0.5, 0.6) is 0 Å². The first-order valence-corrected chi connectivity index (χ1v) is 8.18. The van der Waals surface area contributed by atoms with E-state index in [0.717, 1.165) is 11.1 Å². The molecule has 1 aliphatic rings. The molecule has 1 atom stereocenters. The van der Waals surface area contributed by atoms with Crippen molar-refractivity contribution in [3.05, 3.63) is 57.9 Å². The molecule has 0 bridgehead atoms. The van der Waals surface area contributed by atoms with Crippen molar-refractivity contribution in [2.75, 3.05) is 12.4 Å². The van der Waals surface area contributed by atoms with E-state index in [1.54, 1.807) is 6.92 Å². The van der Waals surface area contributed by atoms with Crippen LogP contribution in [0.1, 0.15) is 24.0 Å². The van der Waals surface area contributed by atoms with E-state index in [-0.39, 0.29) is 5.57 Å². The molecule has 2 N–H and O–H groups in total. The van der Waals surface area contributed by atoms with E-state index in [9.17, 15) is 14.7 Å². The number of nitrogens with one attached hydrogen (secondary N) is 1. The molecule has 1 unspecified atom stereocenters. The number of ether oxygens (including phenoxy) is 1. The molecular formula is C17H18BrNO4. The van der Waals surface area contributed by atoms with Crippen molar-refractivity contribution in [2.45, 2.75) is 19.8 Å². The zero-order valence-corrected chi connectivity index (χ0v) is 14.7. The summed E-state index contributed by atoms with van der Waals surface area (Å²) >= 11 is 3.35. The lowest BCUT2D eigenvalue weighted by molar-refractivity contribution is -0.136. The van der Waals surface area contributed by atoms with E-state index >= 15 is 0 Å². The lowest BCUT2D eigenvalue weighted by Crippen LogP contribution is -2.33. The number of alkyl halides is 1. The number of hydrogen-bond donors (Lipinski definition) is 2. The van der Waals surface area contributed by atoms with Gasteiger partial charge in [-0.2, -0.15) is 0 Å². The molecule has 0 aliphatic carbocycles. The maximum Gasteiger partial charge on any atom is 0.336 e. The predicted octanol–water partition coefficient (Wildman–Crippen LogP) is 2.86. The molecule has 0 radical (unpaired) electrons. The van der Waals surface area contributed by atoms with Crippen LogP contribution in [0.4, 0.5) is 0 Å². The molecule has 1 aliphatic heterocycles. The minimum Gasteiger partial charge on any atom is -0.478 e. The fourth-order valence-electron chi connectivity index (χ4n) is 2.86. The first kappa shape index (κ1) is 17.3. The number of benzene rings is 1. The van der Waals surface area contributed by atoms with Crippen LogP contribution in [0.25, 0.3) is 0 Å². The standard InChI is InChI=1S/C17H18BrNO4/c1-9-6-4-5-7-11(9)14-13(16(20)21)10(2)19-12(8-18)15(14)17(22)23-3/h4-7,14,19H,8H2,1-3H3,(H,20,21).